The molecule has 0 radical (unpaired) electrons. The molecule has 0 spiro atoms. The van der Waals surface area contributed by atoms with Gasteiger partial charge in [-0.1, -0.05) is 75.4 Å². The lowest BCUT2D eigenvalue weighted by Gasteiger charge is -2.23. The van der Waals surface area contributed by atoms with Gasteiger partial charge in [-0.05, 0) is 71.5 Å². The highest BCUT2D eigenvalue weighted by molar-refractivity contribution is 6.07. The molecule has 3 heterocycles. The minimum absolute atomic E-state index is 0.0207. The molecule has 7 rings (SSSR count). The van der Waals surface area contributed by atoms with Crippen LogP contribution in [0, 0.1) is 6.92 Å². The Hall–Kier alpha value is -4.70. The summed E-state index contributed by atoms with van der Waals surface area (Å²) in [6.07, 6.45) is 1.89. The molecule has 190 valence electrons. The lowest BCUT2D eigenvalue weighted by Crippen LogP contribution is -2.12. The third kappa shape index (κ3) is 3.83. The SMILES string of the molecule is Cc1cnc2c(c1)oc1c(-c3nc4ccccc4n3-c3ccc(C(C)(C)C)cc3-c3ccccc3)cccc12. The molecule has 0 saturated heterocycles. The molecule has 39 heavy (non-hydrogen) atoms. The highest BCUT2D eigenvalue weighted by Gasteiger charge is 2.23. The van der Waals surface area contributed by atoms with Crippen molar-refractivity contribution in [3.8, 4) is 28.2 Å². The maximum absolute atomic E-state index is 6.47. The fourth-order valence-corrected chi connectivity index (χ4v) is 5.44. The number of imidazole rings is 1. The Kier molecular flexibility index (Phi) is 5.21. The smallest absolute Gasteiger partial charge is 0.154 e. The van der Waals surface area contributed by atoms with Crippen molar-refractivity contribution in [1.29, 1.82) is 0 Å². The van der Waals surface area contributed by atoms with Crippen LogP contribution in [-0.4, -0.2) is 14.5 Å². The molecule has 0 N–H and O–H groups in total. The van der Waals surface area contributed by atoms with Gasteiger partial charge in [0, 0.05) is 17.1 Å². The van der Waals surface area contributed by atoms with Crippen molar-refractivity contribution in [1.82, 2.24) is 14.5 Å². The molecular weight excluding hydrogens is 478 g/mol. The molecule has 0 atom stereocenters. The highest BCUT2D eigenvalue weighted by atomic mass is 16.3. The van der Waals surface area contributed by atoms with Crippen LogP contribution in [0.2, 0.25) is 0 Å². The number of furan rings is 1. The Balaban J connectivity index is 1.57. The Bertz CT molecular complexity index is 2010. The van der Waals surface area contributed by atoms with Crippen molar-refractivity contribution in [3.05, 3.63) is 114 Å². The van der Waals surface area contributed by atoms with Crippen molar-refractivity contribution in [3.63, 3.8) is 0 Å². The second-order valence-electron chi connectivity index (χ2n) is 11.3. The standard InChI is InChI=1S/C35H29N3O/c1-22-19-31-32(36-21-22)25-13-10-14-26(33(25)39-31)34-37-28-15-8-9-16-30(28)38(34)29-18-17-24(35(2,3)4)20-27(29)23-11-6-5-7-12-23/h5-21H,1-4H3. The fraction of sp³-hybridized carbons (Fsp3) is 0.143. The Morgan fingerprint density at radius 1 is 0.769 bits per heavy atom. The average molecular weight is 508 g/mol. The number of para-hydroxylation sites is 3. The third-order valence-electron chi connectivity index (χ3n) is 7.46. The van der Waals surface area contributed by atoms with Crippen molar-refractivity contribution in [2.45, 2.75) is 33.1 Å². The van der Waals surface area contributed by atoms with Crippen molar-refractivity contribution < 1.29 is 4.42 Å². The van der Waals surface area contributed by atoms with Gasteiger partial charge in [-0.2, -0.15) is 0 Å². The molecular formula is C35H29N3O. The molecule has 4 heteroatoms. The molecule has 0 unspecified atom stereocenters. The third-order valence-corrected chi connectivity index (χ3v) is 7.46. The Labute approximate surface area is 227 Å². The van der Waals surface area contributed by atoms with Gasteiger partial charge in [0.2, 0.25) is 0 Å². The predicted octanol–water partition coefficient (Wildman–Crippen LogP) is 9.26. The van der Waals surface area contributed by atoms with Gasteiger partial charge in [-0.3, -0.25) is 9.55 Å². The van der Waals surface area contributed by atoms with E-state index in [1.165, 1.54) is 16.7 Å². The van der Waals surface area contributed by atoms with Gasteiger partial charge >= 0.3 is 0 Å². The summed E-state index contributed by atoms with van der Waals surface area (Å²) in [7, 11) is 0. The maximum atomic E-state index is 6.47. The van der Waals surface area contributed by atoms with Crippen LogP contribution < -0.4 is 0 Å². The molecule has 0 amide bonds. The summed E-state index contributed by atoms with van der Waals surface area (Å²) in [6.45, 7) is 8.80. The number of aryl methyl sites for hydroxylation is 1. The van der Waals surface area contributed by atoms with Crippen LogP contribution in [0.3, 0.4) is 0 Å². The van der Waals surface area contributed by atoms with E-state index in [0.717, 1.165) is 55.7 Å². The monoisotopic (exact) mass is 507 g/mol. The quantitative estimate of drug-likeness (QED) is 0.239. The topological polar surface area (TPSA) is 43.9 Å². The lowest BCUT2D eigenvalue weighted by molar-refractivity contribution is 0.590. The fourth-order valence-electron chi connectivity index (χ4n) is 5.44. The van der Waals surface area contributed by atoms with E-state index in [4.69, 9.17) is 14.4 Å². The molecule has 4 nitrogen and oxygen atoms in total. The van der Waals surface area contributed by atoms with E-state index < -0.39 is 0 Å². The van der Waals surface area contributed by atoms with Crippen LogP contribution in [0.4, 0.5) is 0 Å². The van der Waals surface area contributed by atoms with Crippen molar-refractivity contribution in [2.75, 3.05) is 0 Å². The van der Waals surface area contributed by atoms with E-state index in [1.807, 2.05) is 25.3 Å². The largest absolute Gasteiger partial charge is 0.454 e. The van der Waals surface area contributed by atoms with Crippen LogP contribution in [0.15, 0.2) is 108 Å². The van der Waals surface area contributed by atoms with Crippen LogP contribution in [0.5, 0.6) is 0 Å². The van der Waals surface area contributed by atoms with Crippen LogP contribution in [-0.2, 0) is 5.41 Å². The summed E-state index contributed by atoms with van der Waals surface area (Å²) in [5.74, 6) is 0.846. The lowest BCUT2D eigenvalue weighted by atomic mass is 9.85. The summed E-state index contributed by atoms with van der Waals surface area (Å²) in [5.41, 5.74) is 11.2. The zero-order valence-corrected chi connectivity index (χ0v) is 22.6. The minimum Gasteiger partial charge on any atom is -0.454 e. The number of rotatable bonds is 3. The zero-order valence-electron chi connectivity index (χ0n) is 22.6. The molecule has 0 aliphatic rings. The zero-order chi connectivity index (χ0) is 26.7. The molecule has 0 fully saturated rings. The van der Waals surface area contributed by atoms with Crippen LogP contribution in [0.25, 0.3) is 61.3 Å². The Morgan fingerprint density at radius 2 is 1.56 bits per heavy atom. The summed E-state index contributed by atoms with van der Waals surface area (Å²) in [4.78, 5) is 9.88. The number of hydrogen-bond acceptors (Lipinski definition) is 3. The molecule has 0 aliphatic carbocycles. The molecule has 0 aliphatic heterocycles. The molecule has 4 aromatic carbocycles. The van der Waals surface area contributed by atoms with E-state index in [2.05, 4.69) is 110 Å². The first kappa shape index (κ1) is 23.4. The molecule has 0 saturated carbocycles. The van der Waals surface area contributed by atoms with E-state index >= 15 is 0 Å². The second kappa shape index (κ2) is 8.67. The number of benzene rings is 4. The number of nitrogens with zero attached hydrogens (tertiary/aromatic N) is 3. The first-order valence-electron chi connectivity index (χ1n) is 13.3. The van der Waals surface area contributed by atoms with Crippen LogP contribution >= 0.6 is 0 Å². The van der Waals surface area contributed by atoms with Gasteiger partial charge in [0.1, 0.15) is 16.9 Å². The minimum atomic E-state index is 0.0207. The van der Waals surface area contributed by atoms with Crippen molar-refractivity contribution in [2.24, 2.45) is 0 Å². The van der Waals surface area contributed by atoms with Gasteiger partial charge in [-0.25, -0.2) is 4.98 Å². The number of hydrogen-bond donors (Lipinski definition) is 0. The van der Waals surface area contributed by atoms with E-state index in [1.54, 1.807) is 0 Å². The van der Waals surface area contributed by atoms with Gasteiger partial charge in [0.05, 0.1) is 22.3 Å². The van der Waals surface area contributed by atoms with Gasteiger partial charge in [0.15, 0.2) is 5.58 Å². The molecule has 0 bridgehead atoms. The average Bonchev–Trinajstić information content (AvgIpc) is 3.50. The van der Waals surface area contributed by atoms with Gasteiger partial charge in [-0.15, -0.1) is 0 Å². The predicted molar refractivity (Wildman–Crippen MR) is 160 cm³/mol. The maximum Gasteiger partial charge on any atom is 0.154 e. The van der Waals surface area contributed by atoms with Gasteiger partial charge < -0.3 is 4.42 Å². The Morgan fingerprint density at radius 3 is 2.38 bits per heavy atom. The normalized spacial score (nSPS) is 12.1. The van der Waals surface area contributed by atoms with Crippen molar-refractivity contribution >= 4 is 33.1 Å². The first-order valence-corrected chi connectivity index (χ1v) is 13.3. The number of fused-ring (bicyclic) bond motifs is 4. The molecule has 3 aromatic heterocycles. The number of aromatic nitrogens is 3. The van der Waals surface area contributed by atoms with Gasteiger partial charge in [0.25, 0.3) is 0 Å². The molecule has 7 aromatic rings. The van der Waals surface area contributed by atoms with E-state index in [0.29, 0.717) is 0 Å². The second-order valence-corrected chi connectivity index (χ2v) is 11.3. The summed E-state index contributed by atoms with van der Waals surface area (Å²) < 4.78 is 8.75. The first-order chi connectivity index (χ1) is 18.9. The summed E-state index contributed by atoms with van der Waals surface area (Å²) >= 11 is 0. The van der Waals surface area contributed by atoms with Crippen LogP contribution in [0.1, 0.15) is 31.9 Å². The van der Waals surface area contributed by atoms with E-state index in [9.17, 15) is 0 Å². The number of pyridine rings is 1. The summed E-state index contributed by atoms with van der Waals surface area (Å²) in [5, 5.41) is 0.993. The summed E-state index contributed by atoms with van der Waals surface area (Å²) in [6, 6.07) is 34.1. The highest BCUT2D eigenvalue weighted by Crippen LogP contribution is 2.40. The van der Waals surface area contributed by atoms with E-state index in [-0.39, 0.29) is 5.41 Å².